The van der Waals surface area contributed by atoms with Crippen molar-refractivity contribution in [2.45, 2.75) is 18.9 Å². The molecule has 2 fully saturated rings. The van der Waals surface area contributed by atoms with Gasteiger partial charge in [-0.05, 0) is 31.5 Å². The van der Waals surface area contributed by atoms with Gasteiger partial charge in [0, 0.05) is 37.6 Å². The maximum absolute atomic E-state index is 13.3. The molecule has 29 heavy (non-hydrogen) atoms. The zero-order valence-corrected chi connectivity index (χ0v) is 17.4. The number of carbonyl (C=O) groups excluding carboxylic acids is 1. The summed E-state index contributed by atoms with van der Waals surface area (Å²) in [4.78, 5) is 31.1. The van der Waals surface area contributed by atoms with E-state index in [0.29, 0.717) is 0 Å². The van der Waals surface area contributed by atoms with E-state index in [4.69, 9.17) is 0 Å². The number of likely N-dealkylation sites (N-methyl/N-ethyl adjacent to an activating group) is 1. The first-order valence-corrected chi connectivity index (χ1v) is 11.1. The minimum Gasteiger partial charge on any atom is -0.344 e. The van der Waals surface area contributed by atoms with Gasteiger partial charge in [0.1, 0.15) is 23.0 Å². The van der Waals surface area contributed by atoms with Crippen molar-refractivity contribution in [1.82, 2.24) is 19.8 Å². The lowest BCUT2D eigenvalue weighted by molar-refractivity contribution is -0.134. The number of carbonyl (C=O) groups is 1. The first kappa shape index (κ1) is 18.5. The highest BCUT2D eigenvalue weighted by molar-refractivity contribution is 7.21. The lowest BCUT2D eigenvalue weighted by Gasteiger charge is -2.36. The van der Waals surface area contributed by atoms with Gasteiger partial charge in [-0.25, -0.2) is 9.97 Å². The fraction of sp³-hybridized carbons (Fsp3) is 0.409. The Labute approximate surface area is 174 Å². The largest absolute Gasteiger partial charge is 0.344 e. The Bertz CT molecular complexity index is 1010. The van der Waals surface area contributed by atoms with Crippen LogP contribution in [0.25, 0.3) is 20.7 Å². The molecule has 150 valence electrons. The van der Waals surface area contributed by atoms with Gasteiger partial charge in [0.15, 0.2) is 0 Å². The predicted octanol–water partition coefficient (Wildman–Crippen LogP) is 3.10. The van der Waals surface area contributed by atoms with E-state index >= 15 is 0 Å². The van der Waals surface area contributed by atoms with Crippen molar-refractivity contribution >= 4 is 33.3 Å². The molecule has 0 spiro atoms. The number of piperazine rings is 1. The Morgan fingerprint density at radius 3 is 2.66 bits per heavy atom. The molecule has 1 atom stereocenters. The summed E-state index contributed by atoms with van der Waals surface area (Å²) in [5, 5.41) is 1.05. The van der Waals surface area contributed by atoms with Crippen molar-refractivity contribution < 1.29 is 4.79 Å². The molecule has 0 bridgehead atoms. The Morgan fingerprint density at radius 1 is 1.07 bits per heavy atom. The van der Waals surface area contributed by atoms with Crippen LogP contribution in [0.5, 0.6) is 0 Å². The quantitative estimate of drug-likeness (QED) is 0.668. The third-order valence-corrected chi connectivity index (χ3v) is 7.08. The van der Waals surface area contributed by atoms with E-state index in [9.17, 15) is 4.79 Å². The molecule has 1 aromatic carbocycles. The Hall–Kier alpha value is -2.51. The van der Waals surface area contributed by atoms with Crippen molar-refractivity contribution in [1.29, 1.82) is 0 Å². The molecule has 5 rings (SSSR count). The fourth-order valence-corrected chi connectivity index (χ4v) is 5.33. The molecule has 0 saturated carbocycles. The summed E-state index contributed by atoms with van der Waals surface area (Å²) >= 11 is 1.68. The summed E-state index contributed by atoms with van der Waals surface area (Å²) in [5.74, 6) is 1.15. The standard InChI is InChI=1S/C22H25N5OS/c1-25-10-12-26(13-11-25)22(28)18-8-5-9-27(18)20-17-14-19(16-6-3-2-4-7-16)29-21(17)24-15-23-20/h2-4,6-7,14-15,18H,5,8-13H2,1H3. The number of hydrogen-bond donors (Lipinski definition) is 0. The maximum Gasteiger partial charge on any atom is 0.245 e. The predicted molar refractivity (Wildman–Crippen MR) is 117 cm³/mol. The van der Waals surface area contributed by atoms with Crippen LogP contribution < -0.4 is 4.90 Å². The molecule has 0 aliphatic carbocycles. The number of benzene rings is 1. The first-order chi connectivity index (χ1) is 14.2. The van der Waals surface area contributed by atoms with Gasteiger partial charge in [-0.2, -0.15) is 0 Å². The summed E-state index contributed by atoms with van der Waals surface area (Å²) < 4.78 is 0. The number of amides is 1. The van der Waals surface area contributed by atoms with Crippen LogP contribution in [-0.2, 0) is 4.79 Å². The van der Waals surface area contributed by atoms with Gasteiger partial charge in [-0.1, -0.05) is 30.3 Å². The number of thiophene rings is 1. The van der Waals surface area contributed by atoms with E-state index in [1.54, 1.807) is 17.7 Å². The molecule has 2 aromatic heterocycles. The van der Waals surface area contributed by atoms with Crippen molar-refractivity contribution in [2.24, 2.45) is 0 Å². The SMILES string of the molecule is CN1CCN(C(=O)C2CCCN2c2ncnc3sc(-c4ccccc4)cc23)CC1. The smallest absolute Gasteiger partial charge is 0.245 e. The van der Waals surface area contributed by atoms with Gasteiger partial charge in [-0.3, -0.25) is 4.79 Å². The lowest BCUT2D eigenvalue weighted by atomic mass is 10.1. The maximum atomic E-state index is 13.3. The molecular weight excluding hydrogens is 382 g/mol. The number of nitrogens with zero attached hydrogens (tertiary/aromatic N) is 5. The minimum atomic E-state index is -0.114. The van der Waals surface area contributed by atoms with Crippen molar-refractivity contribution in [3.8, 4) is 10.4 Å². The van der Waals surface area contributed by atoms with Gasteiger partial charge >= 0.3 is 0 Å². The molecule has 1 unspecified atom stereocenters. The summed E-state index contributed by atoms with van der Waals surface area (Å²) in [5.41, 5.74) is 1.19. The number of anilines is 1. The first-order valence-electron chi connectivity index (χ1n) is 10.2. The number of aromatic nitrogens is 2. The topological polar surface area (TPSA) is 52.6 Å². The molecule has 3 aromatic rings. The van der Waals surface area contributed by atoms with Gasteiger partial charge in [-0.15, -0.1) is 11.3 Å². The Balaban J connectivity index is 1.46. The summed E-state index contributed by atoms with van der Waals surface area (Å²) in [7, 11) is 2.11. The van der Waals surface area contributed by atoms with E-state index in [1.165, 1.54) is 10.4 Å². The molecule has 7 heteroatoms. The van der Waals surface area contributed by atoms with Crippen molar-refractivity contribution in [3.05, 3.63) is 42.7 Å². The number of rotatable bonds is 3. The second-order valence-corrected chi connectivity index (χ2v) is 8.90. The van der Waals surface area contributed by atoms with Crippen molar-refractivity contribution in [2.75, 3.05) is 44.7 Å². The van der Waals surface area contributed by atoms with E-state index in [1.807, 2.05) is 11.0 Å². The third-order valence-electron chi connectivity index (χ3n) is 5.99. The summed E-state index contributed by atoms with van der Waals surface area (Å²) in [6, 6.07) is 12.4. The molecule has 1 amide bonds. The highest BCUT2D eigenvalue weighted by Crippen LogP contribution is 2.38. The van der Waals surface area contributed by atoms with Crippen LogP contribution in [-0.4, -0.2) is 71.5 Å². The average molecular weight is 408 g/mol. The molecular formula is C22H25N5OS. The third kappa shape index (κ3) is 3.49. The lowest BCUT2D eigenvalue weighted by Crippen LogP contribution is -2.53. The Kier molecular flexibility index (Phi) is 4.93. The van der Waals surface area contributed by atoms with Gasteiger partial charge in [0.25, 0.3) is 0 Å². The zero-order valence-electron chi connectivity index (χ0n) is 16.6. The van der Waals surface area contributed by atoms with Crippen LogP contribution in [0.3, 0.4) is 0 Å². The van der Waals surface area contributed by atoms with Crippen LogP contribution in [0.4, 0.5) is 5.82 Å². The van der Waals surface area contributed by atoms with Crippen LogP contribution in [0, 0.1) is 0 Å². The zero-order chi connectivity index (χ0) is 19.8. The van der Waals surface area contributed by atoms with Crippen LogP contribution in [0.1, 0.15) is 12.8 Å². The van der Waals surface area contributed by atoms with E-state index in [0.717, 1.165) is 61.6 Å². The molecule has 0 radical (unpaired) electrons. The monoisotopic (exact) mass is 407 g/mol. The summed E-state index contributed by atoms with van der Waals surface area (Å²) in [6.07, 6.45) is 3.55. The molecule has 2 aliphatic heterocycles. The fourth-order valence-electron chi connectivity index (χ4n) is 4.33. The van der Waals surface area contributed by atoms with E-state index in [2.05, 4.69) is 57.1 Å². The molecule has 2 saturated heterocycles. The molecule has 6 nitrogen and oxygen atoms in total. The highest BCUT2D eigenvalue weighted by atomic mass is 32.1. The van der Waals surface area contributed by atoms with Crippen LogP contribution >= 0.6 is 11.3 Å². The van der Waals surface area contributed by atoms with Gasteiger partial charge in [0.2, 0.25) is 5.91 Å². The average Bonchev–Trinajstić information content (AvgIpc) is 3.41. The number of hydrogen-bond acceptors (Lipinski definition) is 6. The van der Waals surface area contributed by atoms with E-state index < -0.39 is 0 Å². The van der Waals surface area contributed by atoms with Crippen LogP contribution in [0.15, 0.2) is 42.7 Å². The molecule has 2 aliphatic rings. The second kappa shape index (κ2) is 7.72. The van der Waals surface area contributed by atoms with Gasteiger partial charge in [0.05, 0.1) is 5.39 Å². The second-order valence-electron chi connectivity index (χ2n) is 7.87. The normalized spacial score (nSPS) is 20.5. The van der Waals surface area contributed by atoms with E-state index in [-0.39, 0.29) is 11.9 Å². The Morgan fingerprint density at radius 2 is 1.86 bits per heavy atom. The van der Waals surface area contributed by atoms with Crippen molar-refractivity contribution in [3.63, 3.8) is 0 Å². The summed E-state index contributed by atoms with van der Waals surface area (Å²) in [6.45, 7) is 4.39. The molecule has 0 N–H and O–H groups in total. The van der Waals surface area contributed by atoms with Gasteiger partial charge < -0.3 is 14.7 Å². The van der Waals surface area contributed by atoms with Crippen LogP contribution in [0.2, 0.25) is 0 Å². The minimum absolute atomic E-state index is 0.114. The highest BCUT2D eigenvalue weighted by Gasteiger charge is 2.36. The number of fused-ring (bicyclic) bond motifs is 1. The molecule has 4 heterocycles.